The number of rotatable bonds is 16. The fourth-order valence-electron chi connectivity index (χ4n) is 3.50. The van der Waals surface area contributed by atoms with Crippen molar-refractivity contribution in [3.05, 3.63) is 35.4 Å². The lowest BCUT2D eigenvalue weighted by atomic mass is 10.0. The lowest BCUT2D eigenvalue weighted by Gasteiger charge is -2.26. The molecule has 7 N–H and O–H groups in total. The Morgan fingerprint density at radius 3 is 1.97 bits per heavy atom. The molecule has 0 bridgehead atoms. The summed E-state index contributed by atoms with van der Waals surface area (Å²) in [7, 11) is 0. The van der Waals surface area contributed by atoms with E-state index in [1.54, 1.807) is 13.8 Å². The highest BCUT2D eigenvalue weighted by atomic mass is 19.2. The summed E-state index contributed by atoms with van der Waals surface area (Å²) in [5.41, 5.74) is 0.426. The lowest BCUT2D eigenvalue weighted by molar-refractivity contribution is -0.143. The van der Waals surface area contributed by atoms with E-state index < -0.39 is 83.9 Å². The monoisotopic (exact) mass is 558 g/mol. The van der Waals surface area contributed by atoms with Gasteiger partial charge in [-0.3, -0.25) is 19.2 Å². The Morgan fingerprint density at radius 2 is 1.46 bits per heavy atom. The minimum atomic E-state index is -1.53. The Balaban J connectivity index is 2.86. The van der Waals surface area contributed by atoms with Gasteiger partial charge in [-0.2, -0.15) is 0 Å². The van der Waals surface area contributed by atoms with E-state index in [0.717, 1.165) is 12.1 Å². The second kappa shape index (κ2) is 15.7. The molecule has 12 nitrogen and oxygen atoms in total. The molecule has 0 fully saturated rings. The van der Waals surface area contributed by atoms with E-state index in [4.69, 9.17) is 5.11 Å². The van der Waals surface area contributed by atoms with E-state index in [1.165, 1.54) is 19.9 Å². The summed E-state index contributed by atoms with van der Waals surface area (Å²) in [6.07, 6.45) is -1.83. The molecular weight excluding hydrogens is 522 g/mol. The van der Waals surface area contributed by atoms with Gasteiger partial charge in [-0.1, -0.05) is 19.9 Å². The number of carboxylic acid groups (broad SMARTS) is 2. The number of aliphatic hydroxyl groups excluding tert-OH is 1. The molecule has 0 radical (unpaired) electrons. The van der Waals surface area contributed by atoms with Gasteiger partial charge in [0.1, 0.15) is 18.1 Å². The van der Waals surface area contributed by atoms with E-state index in [9.17, 15) is 43.0 Å². The van der Waals surface area contributed by atoms with Crippen molar-refractivity contribution in [3.63, 3.8) is 0 Å². The molecule has 0 aliphatic heterocycles. The first-order valence-electron chi connectivity index (χ1n) is 12.3. The van der Waals surface area contributed by atoms with Gasteiger partial charge in [0.05, 0.1) is 12.1 Å². The number of hydrogen-bond donors (Lipinski definition) is 7. The molecule has 0 aliphatic rings. The highest BCUT2D eigenvalue weighted by molar-refractivity contribution is 5.94. The topological polar surface area (TPSA) is 194 Å². The summed E-state index contributed by atoms with van der Waals surface area (Å²) >= 11 is 0. The third-order valence-corrected chi connectivity index (χ3v) is 5.80. The summed E-state index contributed by atoms with van der Waals surface area (Å²) < 4.78 is 26.6. The third kappa shape index (κ3) is 11.3. The molecule has 0 heterocycles. The normalized spacial score (nSPS) is 15.0. The Bertz CT molecular complexity index is 1040. The molecular formula is C25H36F2N4O8. The average molecular weight is 559 g/mol. The molecule has 3 amide bonds. The standard InChI is InChI=1S/C25H36F2N4O8/c1-12(2)20(25(38)39)30-22(35)13(3)29-24(37)21(14(4)32)31-23(36)18(7-8-19(33)34)28-10-9-15-5-6-16(26)17(27)11-15/h5-6,11-14,18,20-21,28,32H,7-10H2,1-4H3,(H,29,37)(H,30,35)(H,31,36)(H,33,34)(H,38,39)/t13-,14+,18-,20-,21-/m0/s1. The number of aliphatic carboxylic acids is 2. The number of nitrogens with one attached hydrogen (secondary N) is 4. The molecule has 0 unspecified atom stereocenters. The fourth-order valence-corrected chi connectivity index (χ4v) is 3.50. The van der Waals surface area contributed by atoms with Gasteiger partial charge >= 0.3 is 11.9 Å². The Labute approximate surface area is 224 Å². The van der Waals surface area contributed by atoms with Crippen molar-refractivity contribution in [2.75, 3.05) is 6.54 Å². The molecule has 0 saturated carbocycles. The maximum absolute atomic E-state index is 13.4. The van der Waals surface area contributed by atoms with Crippen LogP contribution in [0.1, 0.15) is 46.1 Å². The van der Waals surface area contributed by atoms with Crippen molar-refractivity contribution in [1.29, 1.82) is 0 Å². The van der Waals surface area contributed by atoms with E-state index in [1.807, 2.05) is 0 Å². The molecule has 0 spiro atoms. The van der Waals surface area contributed by atoms with Crippen molar-refractivity contribution in [3.8, 4) is 0 Å². The van der Waals surface area contributed by atoms with Crippen molar-refractivity contribution >= 4 is 29.7 Å². The molecule has 1 aromatic carbocycles. The predicted molar refractivity (Wildman–Crippen MR) is 134 cm³/mol. The SMILES string of the molecule is CC(C)[C@H](NC(=O)[C@H](C)NC(=O)[C@@H](NC(=O)[C@H](CCC(=O)O)NCCc1ccc(F)c(F)c1)[C@@H](C)O)C(=O)O. The van der Waals surface area contributed by atoms with Crippen LogP contribution < -0.4 is 21.3 Å². The van der Waals surface area contributed by atoms with Gasteiger partial charge in [-0.15, -0.1) is 0 Å². The van der Waals surface area contributed by atoms with Crippen LogP contribution in [0.3, 0.4) is 0 Å². The molecule has 39 heavy (non-hydrogen) atoms. The number of carbonyl (C=O) groups excluding carboxylic acids is 3. The van der Waals surface area contributed by atoms with Gasteiger partial charge in [-0.25, -0.2) is 13.6 Å². The maximum Gasteiger partial charge on any atom is 0.326 e. The van der Waals surface area contributed by atoms with Crippen LogP contribution in [0.5, 0.6) is 0 Å². The smallest absolute Gasteiger partial charge is 0.326 e. The maximum atomic E-state index is 13.4. The third-order valence-electron chi connectivity index (χ3n) is 5.80. The van der Waals surface area contributed by atoms with Crippen molar-refractivity contribution in [2.45, 2.75) is 77.2 Å². The van der Waals surface area contributed by atoms with Crippen molar-refractivity contribution in [2.24, 2.45) is 5.92 Å². The number of carboxylic acids is 2. The summed E-state index contributed by atoms with van der Waals surface area (Å²) in [5.74, 6) is -7.46. The number of amides is 3. The van der Waals surface area contributed by atoms with Gasteiger partial charge in [0.15, 0.2) is 11.6 Å². The predicted octanol–water partition coefficient (Wildman–Crippen LogP) is -0.0740. The minimum Gasteiger partial charge on any atom is -0.481 e. The van der Waals surface area contributed by atoms with Crippen LogP contribution >= 0.6 is 0 Å². The van der Waals surface area contributed by atoms with E-state index in [2.05, 4.69) is 21.3 Å². The first kappa shape index (κ1) is 33.4. The van der Waals surface area contributed by atoms with E-state index >= 15 is 0 Å². The minimum absolute atomic E-state index is 0.0755. The van der Waals surface area contributed by atoms with Crippen LogP contribution in [0.4, 0.5) is 8.78 Å². The Hall–Kier alpha value is -3.65. The van der Waals surface area contributed by atoms with Gasteiger partial charge in [-0.05, 0) is 56.8 Å². The van der Waals surface area contributed by atoms with Crippen molar-refractivity contribution < 1.29 is 48.1 Å². The second-order valence-corrected chi connectivity index (χ2v) is 9.46. The zero-order valence-electron chi connectivity index (χ0n) is 22.2. The molecule has 0 aliphatic carbocycles. The van der Waals surface area contributed by atoms with Gasteiger partial charge < -0.3 is 36.6 Å². The van der Waals surface area contributed by atoms with Crippen molar-refractivity contribution in [1.82, 2.24) is 21.3 Å². The highest BCUT2D eigenvalue weighted by Crippen LogP contribution is 2.09. The van der Waals surface area contributed by atoms with Crippen LogP contribution in [0.2, 0.25) is 0 Å². The van der Waals surface area contributed by atoms with Crippen LogP contribution in [-0.4, -0.2) is 81.8 Å². The van der Waals surface area contributed by atoms with E-state index in [-0.39, 0.29) is 19.4 Å². The summed E-state index contributed by atoms with van der Waals surface area (Å²) in [6, 6.07) is -1.76. The van der Waals surface area contributed by atoms with Crippen LogP contribution in [0.25, 0.3) is 0 Å². The number of carbonyl (C=O) groups is 5. The molecule has 0 aromatic heterocycles. The number of aliphatic hydroxyl groups is 1. The molecule has 1 rings (SSSR count). The Morgan fingerprint density at radius 1 is 0.846 bits per heavy atom. The molecule has 1 aromatic rings. The quantitative estimate of drug-likeness (QED) is 0.145. The highest BCUT2D eigenvalue weighted by Gasteiger charge is 2.32. The number of hydrogen-bond acceptors (Lipinski definition) is 7. The summed E-state index contributed by atoms with van der Waals surface area (Å²) in [5, 5.41) is 38.2. The van der Waals surface area contributed by atoms with E-state index in [0.29, 0.717) is 5.56 Å². The first-order chi connectivity index (χ1) is 18.1. The first-order valence-corrected chi connectivity index (χ1v) is 12.3. The molecule has 218 valence electrons. The van der Waals surface area contributed by atoms with Gasteiger partial charge in [0.2, 0.25) is 17.7 Å². The molecule has 0 saturated heterocycles. The number of benzene rings is 1. The fraction of sp³-hybridized carbons (Fsp3) is 0.560. The van der Waals surface area contributed by atoms with Crippen LogP contribution in [0.15, 0.2) is 18.2 Å². The van der Waals surface area contributed by atoms with Gasteiger partial charge in [0, 0.05) is 6.42 Å². The van der Waals surface area contributed by atoms with Gasteiger partial charge in [0.25, 0.3) is 0 Å². The average Bonchev–Trinajstić information content (AvgIpc) is 2.83. The molecule has 14 heteroatoms. The number of halogens is 2. The summed E-state index contributed by atoms with van der Waals surface area (Å²) in [4.78, 5) is 60.5. The zero-order chi connectivity index (χ0) is 29.9. The summed E-state index contributed by atoms with van der Waals surface area (Å²) in [6.45, 7) is 5.77. The lowest BCUT2D eigenvalue weighted by Crippen LogP contribution is -2.59. The molecule has 5 atom stereocenters. The largest absolute Gasteiger partial charge is 0.481 e. The Kier molecular flexibility index (Phi) is 13.4. The van der Waals surface area contributed by atoms with Crippen LogP contribution in [-0.2, 0) is 30.4 Å². The van der Waals surface area contributed by atoms with Crippen LogP contribution in [0, 0.1) is 17.6 Å². The zero-order valence-corrected chi connectivity index (χ0v) is 22.2. The second-order valence-electron chi connectivity index (χ2n) is 9.46.